The van der Waals surface area contributed by atoms with Gasteiger partial charge in [0, 0.05) is 23.6 Å². The molecule has 1 aromatic carbocycles. The normalized spacial score (nSPS) is 10.8. The second-order valence-corrected chi connectivity index (χ2v) is 4.99. The van der Waals surface area contributed by atoms with Crippen molar-refractivity contribution in [2.75, 3.05) is 5.32 Å². The number of hydrogen-bond donors (Lipinski definition) is 1. The van der Waals surface area contributed by atoms with E-state index in [0.29, 0.717) is 17.1 Å². The fraction of sp³-hybridized carbons (Fsp3) is 0. The first-order chi connectivity index (χ1) is 11.3. The van der Waals surface area contributed by atoms with Gasteiger partial charge < -0.3 is 14.1 Å². The van der Waals surface area contributed by atoms with Gasteiger partial charge in [-0.25, -0.2) is 9.97 Å². The number of rotatable bonds is 3. The molecule has 0 aliphatic rings. The maximum absolute atomic E-state index is 12.4. The van der Waals surface area contributed by atoms with Crippen LogP contribution in [-0.4, -0.2) is 20.3 Å². The van der Waals surface area contributed by atoms with Crippen LogP contribution in [0, 0.1) is 0 Å². The lowest BCUT2D eigenvalue weighted by atomic mass is 10.1. The number of amides is 1. The van der Waals surface area contributed by atoms with Crippen LogP contribution in [0.2, 0.25) is 0 Å². The van der Waals surface area contributed by atoms with Crippen molar-refractivity contribution in [2.24, 2.45) is 0 Å². The lowest BCUT2D eigenvalue weighted by Gasteiger charge is -2.04. The summed E-state index contributed by atoms with van der Waals surface area (Å²) in [5, 5.41) is 2.84. The van der Waals surface area contributed by atoms with E-state index in [0.717, 1.165) is 11.2 Å². The number of hydrogen-bond acceptors (Lipinski definition) is 4. The second-order valence-electron chi connectivity index (χ2n) is 4.99. The number of nitrogens with one attached hydrogen (secondary N) is 1. The van der Waals surface area contributed by atoms with Crippen LogP contribution in [0.4, 0.5) is 5.69 Å². The van der Waals surface area contributed by atoms with Crippen LogP contribution in [0.5, 0.6) is 0 Å². The van der Waals surface area contributed by atoms with Gasteiger partial charge in [0.15, 0.2) is 12.2 Å². The Morgan fingerprint density at radius 2 is 2.13 bits per heavy atom. The summed E-state index contributed by atoms with van der Waals surface area (Å²) in [5.41, 5.74) is 2.60. The fourth-order valence-electron chi connectivity index (χ4n) is 2.35. The molecule has 0 saturated carbocycles. The highest BCUT2D eigenvalue weighted by molar-refractivity contribution is 6.03. The van der Waals surface area contributed by atoms with Crippen LogP contribution in [0.15, 0.2) is 71.9 Å². The third-order valence-electron chi connectivity index (χ3n) is 3.43. The van der Waals surface area contributed by atoms with Gasteiger partial charge in [-0.15, -0.1) is 0 Å². The van der Waals surface area contributed by atoms with Gasteiger partial charge in [-0.05, 0) is 24.3 Å². The summed E-state index contributed by atoms with van der Waals surface area (Å²) in [6.07, 6.45) is 6.55. The SMILES string of the molecule is O=C(Nc1cccc(-c2cnco2)c1)c1cn2ccccc2n1. The third-order valence-corrected chi connectivity index (χ3v) is 3.43. The first kappa shape index (κ1) is 13.3. The van der Waals surface area contributed by atoms with Gasteiger partial charge in [0.25, 0.3) is 5.91 Å². The van der Waals surface area contributed by atoms with Gasteiger partial charge in [0.05, 0.1) is 6.20 Å². The third kappa shape index (κ3) is 2.57. The van der Waals surface area contributed by atoms with E-state index in [1.165, 1.54) is 6.39 Å². The van der Waals surface area contributed by atoms with Gasteiger partial charge in [-0.2, -0.15) is 0 Å². The van der Waals surface area contributed by atoms with E-state index in [2.05, 4.69) is 15.3 Å². The van der Waals surface area contributed by atoms with Crippen molar-refractivity contribution in [1.82, 2.24) is 14.4 Å². The maximum Gasteiger partial charge on any atom is 0.275 e. The van der Waals surface area contributed by atoms with E-state index in [1.807, 2.05) is 48.7 Å². The number of nitrogens with zero attached hydrogens (tertiary/aromatic N) is 3. The number of imidazole rings is 1. The number of aromatic nitrogens is 3. The summed E-state index contributed by atoms with van der Waals surface area (Å²) in [4.78, 5) is 20.6. The molecule has 0 atom stereocenters. The number of carbonyl (C=O) groups excluding carboxylic acids is 1. The van der Waals surface area contributed by atoms with Crippen LogP contribution >= 0.6 is 0 Å². The van der Waals surface area contributed by atoms with E-state index in [1.54, 1.807) is 16.8 Å². The molecule has 6 heteroatoms. The zero-order valence-corrected chi connectivity index (χ0v) is 12.0. The first-order valence-electron chi connectivity index (χ1n) is 7.03. The summed E-state index contributed by atoms with van der Waals surface area (Å²) >= 11 is 0. The van der Waals surface area contributed by atoms with Crippen LogP contribution in [0.1, 0.15) is 10.5 Å². The number of carbonyl (C=O) groups is 1. The highest BCUT2D eigenvalue weighted by Gasteiger charge is 2.11. The van der Waals surface area contributed by atoms with Crippen molar-refractivity contribution in [2.45, 2.75) is 0 Å². The highest BCUT2D eigenvalue weighted by atomic mass is 16.3. The predicted octanol–water partition coefficient (Wildman–Crippen LogP) is 3.24. The van der Waals surface area contributed by atoms with Crippen molar-refractivity contribution in [3.05, 3.63) is 73.1 Å². The van der Waals surface area contributed by atoms with Gasteiger partial charge in [0.1, 0.15) is 11.3 Å². The summed E-state index contributed by atoms with van der Waals surface area (Å²) in [6, 6.07) is 13.0. The molecule has 3 heterocycles. The van der Waals surface area contributed by atoms with Crippen LogP contribution in [0.25, 0.3) is 17.0 Å². The fourth-order valence-corrected chi connectivity index (χ4v) is 2.35. The lowest BCUT2D eigenvalue weighted by molar-refractivity contribution is 0.102. The summed E-state index contributed by atoms with van der Waals surface area (Å²) < 4.78 is 7.07. The van der Waals surface area contributed by atoms with Crippen LogP contribution in [0.3, 0.4) is 0 Å². The molecule has 3 aromatic heterocycles. The maximum atomic E-state index is 12.4. The second kappa shape index (κ2) is 5.42. The minimum Gasteiger partial charge on any atom is -0.444 e. The monoisotopic (exact) mass is 304 g/mol. The average Bonchev–Trinajstić information content (AvgIpc) is 3.24. The molecule has 6 nitrogen and oxygen atoms in total. The Morgan fingerprint density at radius 3 is 2.96 bits per heavy atom. The van der Waals surface area contributed by atoms with Crippen molar-refractivity contribution in [3.63, 3.8) is 0 Å². The minimum absolute atomic E-state index is 0.261. The molecule has 0 saturated heterocycles. The molecule has 0 aliphatic carbocycles. The number of pyridine rings is 1. The molecule has 0 bridgehead atoms. The predicted molar refractivity (Wildman–Crippen MR) is 85.1 cm³/mol. The zero-order valence-electron chi connectivity index (χ0n) is 12.0. The quantitative estimate of drug-likeness (QED) is 0.630. The number of fused-ring (bicyclic) bond motifs is 1. The van der Waals surface area contributed by atoms with E-state index < -0.39 is 0 Å². The van der Waals surface area contributed by atoms with E-state index >= 15 is 0 Å². The first-order valence-corrected chi connectivity index (χ1v) is 7.03. The van der Waals surface area contributed by atoms with Crippen molar-refractivity contribution < 1.29 is 9.21 Å². The van der Waals surface area contributed by atoms with Gasteiger partial charge >= 0.3 is 0 Å². The Bertz CT molecular complexity index is 940. The molecule has 0 fully saturated rings. The van der Waals surface area contributed by atoms with Crippen LogP contribution in [-0.2, 0) is 0 Å². The van der Waals surface area contributed by atoms with Gasteiger partial charge in [-0.1, -0.05) is 18.2 Å². The smallest absolute Gasteiger partial charge is 0.275 e. The Kier molecular flexibility index (Phi) is 3.12. The van der Waals surface area contributed by atoms with E-state index in [4.69, 9.17) is 4.42 Å². The highest BCUT2D eigenvalue weighted by Crippen LogP contribution is 2.22. The molecule has 112 valence electrons. The van der Waals surface area contributed by atoms with E-state index in [9.17, 15) is 4.79 Å². The molecular weight excluding hydrogens is 292 g/mol. The molecule has 0 radical (unpaired) electrons. The average molecular weight is 304 g/mol. The van der Waals surface area contributed by atoms with Crippen LogP contribution < -0.4 is 5.32 Å². The Hall–Kier alpha value is -3.41. The van der Waals surface area contributed by atoms with Gasteiger partial charge in [0.2, 0.25) is 0 Å². The molecule has 0 aliphatic heterocycles. The summed E-state index contributed by atoms with van der Waals surface area (Å²) in [7, 11) is 0. The van der Waals surface area contributed by atoms with Crippen molar-refractivity contribution in [3.8, 4) is 11.3 Å². The largest absolute Gasteiger partial charge is 0.444 e. The Labute approximate surface area is 131 Å². The van der Waals surface area contributed by atoms with Crippen molar-refractivity contribution >= 4 is 17.2 Å². The topological polar surface area (TPSA) is 72.4 Å². The molecule has 1 N–H and O–H groups in total. The Balaban J connectivity index is 1.60. The van der Waals surface area contributed by atoms with Crippen molar-refractivity contribution in [1.29, 1.82) is 0 Å². The minimum atomic E-state index is -0.261. The number of oxazole rings is 1. The lowest BCUT2D eigenvalue weighted by Crippen LogP contribution is -2.12. The van der Waals surface area contributed by atoms with E-state index in [-0.39, 0.29) is 5.91 Å². The standard InChI is InChI=1S/C17H12N4O2/c22-17(14-10-21-7-2-1-6-16(21)20-14)19-13-5-3-4-12(8-13)15-9-18-11-23-15/h1-11H,(H,19,22). The molecule has 1 amide bonds. The zero-order chi connectivity index (χ0) is 15.6. The number of anilines is 1. The molecular formula is C17H12N4O2. The molecule has 23 heavy (non-hydrogen) atoms. The molecule has 4 rings (SSSR count). The van der Waals surface area contributed by atoms with Gasteiger partial charge in [-0.3, -0.25) is 4.79 Å². The number of benzene rings is 1. The summed E-state index contributed by atoms with van der Waals surface area (Å²) in [6.45, 7) is 0. The Morgan fingerprint density at radius 1 is 1.17 bits per heavy atom. The molecule has 0 unspecified atom stereocenters. The molecule has 0 spiro atoms. The summed E-state index contributed by atoms with van der Waals surface area (Å²) in [5.74, 6) is 0.386. The molecule has 4 aromatic rings.